The molecule has 0 aliphatic carbocycles. The van der Waals surface area contributed by atoms with Crippen LogP contribution in [0.4, 0.5) is 0 Å². The lowest BCUT2D eigenvalue weighted by Gasteiger charge is -2.06. The predicted molar refractivity (Wildman–Crippen MR) is 52.6 cm³/mol. The molecule has 0 aromatic heterocycles. The van der Waals surface area contributed by atoms with Gasteiger partial charge >= 0.3 is 0 Å². The van der Waals surface area contributed by atoms with Gasteiger partial charge in [-0.15, -0.1) is 8.85 Å². The molecule has 0 amide bonds. The zero-order valence-corrected chi connectivity index (χ0v) is 10.5. The van der Waals surface area contributed by atoms with Crippen LogP contribution in [0.15, 0.2) is 21.1 Å². The molecule has 0 saturated carbocycles. The summed E-state index contributed by atoms with van der Waals surface area (Å²) in [5.41, 5.74) is 0. The molecule has 0 nitrogen and oxygen atoms in total. The largest absolute Gasteiger partial charge is 0.175 e. The monoisotopic (exact) mass is 286 g/mol. The summed E-state index contributed by atoms with van der Waals surface area (Å²) in [4.78, 5) is 0. The highest BCUT2D eigenvalue weighted by atomic mass is 79.9. The molecule has 4 radical (unpaired) electrons. The maximum atomic E-state index is 3.43. The summed E-state index contributed by atoms with van der Waals surface area (Å²) < 4.78 is 4.59. The fourth-order valence-electron chi connectivity index (χ4n) is 0.583. The summed E-state index contributed by atoms with van der Waals surface area (Å²) >= 11 is 12.2. The molecule has 0 saturated heterocycles. The van der Waals surface area contributed by atoms with Gasteiger partial charge in [0.25, 0.3) is 0 Å². The van der Waals surface area contributed by atoms with E-state index in [4.69, 9.17) is 0 Å². The minimum atomic E-state index is 1.12. The molecule has 0 N–H and O–H groups in total. The molecular weight excluding hydrogens is 286 g/mol. The molecular formula is C6H2Al2Br2. The second-order valence-electron chi connectivity index (χ2n) is 1.86. The van der Waals surface area contributed by atoms with Crippen molar-refractivity contribution in [2.45, 2.75) is 0 Å². The summed E-state index contributed by atoms with van der Waals surface area (Å²) in [7, 11) is 0. The van der Waals surface area contributed by atoms with E-state index in [1.165, 1.54) is 8.85 Å². The molecule has 1 rings (SSSR count). The molecule has 0 atom stereocenters. The van der Waals surface area contributed by atoms with Crippen LogP contribution in [0.25, 0.3) is 0 Å². The second-order valence-corrected chi connectivity index (χ2v) is 4.72. The first-order valence-electron chi connectivity index (χ1n) is 2.62. The quantitative estimate of drug-likeness (QED) is 0.619. The van der Waals surface area contributed by atoms with Crippen molar-refractivity contribution in [3.8, 4) is 0 Å². The first-order valence-corrected chi connectivity index (χ1v) is 5.36. The highest BCUT2D eigenvalue weighted by molar-refractivity contribution is 9.11. The maximum Gasteiger partial charge on any atom is 0.175 e. The summed E-state index contributed by atoms with van der Waals surface area (Å²) in [6.07, 6.45) is 0. The molecule has 46 valence electrons. The lowest BCUT2D eigenvalue weighted by molar-refractivity contribution is 1.71. The first kappa shape index (κ1) is 9.33. The average Bonchev–Trinajstić information content (AvgIpc) is 1.93. The Morgan fingerprint density at radius 1 is 0.900 bits per heavy atom. The lowest BCUT2D eigenvalue weighted by Crippen LogP contribution is -2.27. The Morgan fingerprint density at radius 3 is 1.50 bits per heavy atom. The third-order valence-corrected chi connectivity index (χ3v) is 4.99. The topological polar surface area (TPSA) is 0 Å². The normalized spacial score (nSPS) is 9.80. The van der Waals surface area contributed by atoms with Gasteiger partial charge in [-0.25, -0.2) is 0 Å². The van der Waals surface area contributed by atoms with Crippen LogP contribution < -0.4 is 8.85 Å². The van der Waals surface area contributed by atoms with E-state index in [0.29, 0.717) is 0 Å². The molecule has 0 unspecified atom stereocenters. The van der Waals surface area contributed by atoms with Gasteiger partial charge in [0, 0.05) is 8.95 Å². The van der Waals surface area contributed by atoms with Crippen LogP contribution in [-0.4, -0.2) is 32.6 Å². The lowest BCUT2D eigenvalue weighted by atomic mass is 10.4. The second kappa shape index (κ2) is 3.77. The van der Waals surface area contributed by atoms with E-state index in [1.54, 1.807) is 0 Å². The van der Waals surface area contributed by atoms with Crippen molar-refractivity contribution in [2.75, 3.05) is 0 Å². The predicted octanol–water partition coefficient (Wildman–Crippen LogP) is 0.799. The van der Waals surface area contributed by atoms with Crippen molar-refractivity contribution in [1.82, 2.24) is 0 Å². The van der Waals surface area contributed by atoms with E-state index in [0.717, 1.165) is 8.95 Å². The Bertz CT molecular complexity index is 233. The van der Waals surface area contributed by atoms with Gasteiger partial charge in [-0.2, -0.15) is 0 Å². The van der Waals surface area contributed by atoms with Gasteiger partial charge in [-0.1, -0.05) is 31.9 Å². The van der Waals surface area contributed by atoms with Crippen molar-refractivity contribution in [2.24, 2.45) is 0 Å². The number of hydrogen-bond donors (Lipinski definition) is 0. The molecule has 0 aliphatic heterocycles. The van der Waals surface area contributed by atoms with Gasteiger partial charge < -0.3 is 0 Å². The fourth-order valence-corrected chi connectivity index (χ4v) is 2.20. The first-order chi connectivity index (χ1) is 4.63. The number of rotatable bonds is 0. The van der Waals surface area contributed by atoms with Crippen molar-refractivity contribution in [3.63, 3.8) is 0 Å². The van der Waals surface area contributed by atoms with Crippen LogP contribution in [-0.2, 0) is 0 Å². The molecule has 0 aliphatic rings. The molecule has 1 aromatic rings. The highest BCUT2D eigenvalue weighted by Gasteiger charge is 1.97. The van der Waals surface area contributed by atoms with Gasteiger partial charge in [-0.05, 0) is 12.1 Å². The van der Waals surface area contributed by atoms with Crippen molar-refractivity contribution in [1.29, 1.82) is 0 Å². The maximum absolute atomic E-state index is 3.43. The molecule has 0 heterocycles. The third kappa shape index (κ3) is 1.89. The van der Waals surface area contributed by atoms with Gasteiger partial charge in [0.1, 0.15) is 0 Å². The van der Waals surface area contributed by atoms with Crippen molar-refractivity contribution in [3.05, 3.63) is 21.1 Å². The summed E-state index contributed by atoms with van der Waals surface area (Å²) in [5, 5.41) is 0. The number of hydrogen-bond acceptors (Lipinski definition) is 0. The Hall–Kier alpha value is 1.24. The van der Waals surface area contributed by atoms with Crippen LogP contribution in [0.2, 0.25) is 0 Å². The van der Waals surface area contributed by atoms with E-state index in [-0.39, 0.29) is 0 Å². The smallest absolute Gasteiger partial charge is 0.139 e. The van der Waals surface area contributed by atoms with Crippen molar-refractivity contribution >= 4 is 73.3 Å². The van der Waals surface area contributed by atoms with E-state index >= 15 is 0 Å². The summed E-state index contributed by atoms with van der Waals surface area (Å²) in [6.45, 7) is 0. The Balaban J connectivity index is 3.34. The summed E-state index contributed by atoms with van der Waals surface area (Å²) in [5.74, 6) is 0. The van der Waals surface area contributed by atoms with E-state index in [1.807, 2.05) is 12.1 Å². The van der Waals surface area contributed by atoms with Crippen LogP contribution in [0.5, 0.6) is 0 Å². The zero-order valence-electron chi connectivity index (χ0n) is 5.07. The number of benzene rings is 1. The summed E-state index contributed by atoms with van der Waals surface area (Å²) in [6, 6.07) is 4.03. The minimum Gasteiger partial charge on any atom is -0.139 e. The molecule has 0 spiro atoms. The average molecular weight is 288 g/mol. The molecule has 0 fully saturated rings. The molecule has 4 heteroatoms. The van der Waals surface area contributed by atoms with Crippen LogP contribution >= 0.6 is 31.9 Å². The highest BCUT2D eigenvalue weighted by Crippen LogP contribution is 2.09. The van der Waals surface area contributed by atoms with Gasteiger partial charge in [0.15, 0.2) is 32.6 Å². The molecule has 0 bridgehead atoms. The fraction of sp³-hybridized carbons (Fsp3) is 0. The standard InChI is InChI=1S/C6H2Br2.2Al/c7-5-1-2-6(8)4-3-5;;/h1-2H;;. The SMILES string of the molecule is [Al][c]1c(Br)ccc(Br)[c]1[Al]. The van der Waals surface area contributed by atoms with E-state index in [9.17, 15) is 0 Å². The van der Waals surface area contributed by atoms with Crippen LogP contribution in [0.1, 0.15) is 0 Å². The third-order valence-electron chi connectivity index (χ3n) is 1.18. The number of halogens is 2. The van der Waals surface area contributed by atoms with Gasteiger partial charge in [0.05, 0.1) is 0 Å². The Labute approximate surface area is 93.5 Å². The minimum absolute atomic E-state index is 1.12. The van der Waals surface area contributed by atoms with Crippen LogP contribution in [0.3, 0.4) is 0 Å². The van der Waals surface area contributed by atoms with Gasteiger partial charge in [-0.3, -0.25) is 0 Å². The van der Waals surface area contributed by atoms with Gasteiger partial charge in [0.2, 0.25) is 0 Å². The molecule has 10 heavy (non-hydrogen) atoms. The Kier molecular flexibility index (Phi) is 3.52. The van der Waals surface area contributed by atoms with E-state index < -0.39 is 0 Å². The Morgan fingerprint density at radius 2 is 1.20 bits per heavy atom. The molecule has 1 aromatic carbocycles. The zero-order chi connectivity index (χ0) is 7.72. The van der Waals surface area contributed by atoms with E-state index in [2.05, 4.69) is 64.4 Å². The van der Waals surface area contributed by atoms with Crippen LogP contribution in [0, 0.1) is 0 Å². The van der Waals surface area contributed by atoms with Crippen molar-refractivity contribution < 1.29 is 0 Å².